The zero-order chi connectivity index (χ0) is 28.7. The van der Waals surface area contributed by atoms with Crippen LogP contribution in [0.25, 0.3) is 23.0 Å². The molecule has 1 aromatic heterocycles. The van der Waals surface area contributed by atoms with Crippen LogP contribution in [0.4, 0.5) is 10.1 Å². The van der Waals surface area contributed by atoms with E-state index in [1.165, 1.54) is 12.1 Å². The second-order valence-electron chi connectivity index (χ2n) is 8.99. The van der Waals surface area contributed by atoms with Gasteiger partial charge in [0.1, 0.15) is 17.3 Å². The summed E-state index contributed by atoms with van der Waals surface area (Å²) >= 11 is 0. The van der Waals surface area contributed by atoms with E-state index in [0.29, 0.717) is 18.8 Å². The summed E-state index contributed by atoms with van der Waals surface area (Å²) in [6.45, 7) is 19.7. The Balaban J connectivity index is 0.000000811. The van der Waals surface area contributed by atoms with E-state index in [4.69, 9.17) is 20.6 Å². The molecule has 1 aliphatic heterocycles. The van der Waals surface area contributed by atoms with Crippen molar-refractivity contribution in [3.8, 4) is 17.0 Å². The minimum absolute atomic E-state index is 0.267. The molecule has 6 heteroatoms. The molecule has 0 saturated heterocycles. The Kier molecular flexibility index (Phi) is 14.5. The molecule has 38 heavy (non-hydrogen) atoms. The Bertz CT molecular complexity index is 1160. The molecule has 0 unspecified atom stereocenters. The van der Waals surface area contributed by atoms with Crippen LogP contribution in [-0.4, -0.2) is 30.4 Å². The maximum absolute atomic E-state index is 13.3. The molecule has 0 aliphatic carbocycles. The van der Waals surface area contributed by atoms with Crippen molar-refractivity contribution in [2.24, 2.45) is 5.92 Å². The van der Waals surface area contributed by atoms with Crippen LogP contribution in [0.3, 0.4) is 0 Å². The van der Waals surface area contributed by atoms with Crippen molar-refractivity contribution in [1.82, 2.24) is 10.3 Å². The van der Waals surface area contributed by atoms with Crippen molar-refractivity contribution in [3.63, 3.8) is 0 Å². The number of aliphatic hydroxyl groups is 1. The summed E-state index contributed by atoms with van der Waals surface area (Å²) in [5, 5.41) is 10.3. The van der Waals surface area contributed by atoms with Crippen LogP contribution in [0, 0.1) is 11.7 Å². The predicted octanol–water partition coefficient (Wildman–Crippen LogP) is 7.15. The number of pyridine rings is 1. The molecule has 0 amide bonds. The van der Waals surface area contributed by atoms with Gasteiger partial charge in [-0.05, 0) is 53.4 Å². The number of nitrogen functional groups attached to an aromatic ring is 1. The first-order chi connectivity index (χ1) is 18.3. The van der Waals surface area contributed by atoms with E-state index in [9.17, 15) is 4.39 Å². The van der Waals surface area contributed by atoms with E-state index in [2.05, 4.69) is 45.3 Å². The first-order valence-electron chi connectivity index (χ1n) is 13.1. The standard InChI is InChI=1S/C25H24FN3O.C4H10.C2H6.CH4O/c1-3-17-4-5-19(15-23(17)27)16(2)28-12-10-22-14-20-11-13-30-25(20)24(29-22)18-6-8-21(26)9-7-18;1-4(2)3;2*1-2/h3-9,14-15,28H,1-2,10-13,27H2;4H,1-3H3;1-2H3;2H,1H3. The van der Waals surface area contributed by atoms with E-state index in [1.54, 1.807) is 18.2 Å². The molecule has 0 bridgehead atoms. The fourth-order valence-electron chi connectivity index (χ4n) is 3.58. The molecule has 206 valence electrons. The number of aromatic nitrogens is 1. The summed E-state index contributed by atoms with van der Waals surface area (Å²) in [4.78, 5) is 4.80. The number of hydrogen-bond acceptors (Lipinski definition) is 5. The number of anilines is 1. The van der Waals surface area contributed by atoms with Crippen molar-refractivity contribution >= 4 is 17.5 Å². The Hall–Kier alpha value is -3.64. The number of nitrogens with zero attached hydrogens (tertiary/aromatic N) is 1. The largest absolute Gasteiger partial charge is 0.491 e. The lowest BCUT2D eigenvalue weighted by molar-refractivity contribution is 0.357. The lowest BCUT2D eigenvalue weighted by Crippen LogP contribution is -2.16. The number of nitrogens with two attached hydrogens (primary N) is 1. The molecule has 2 aromatic carbocycles. The topological polar surface area (TPSA) is 80.4 Å². The van der Waals surface area contributed by atoms with Gasteiger partial charge in [-0.1, -0.05) is 66.0 Å². The smallest absolute Gasteiger partial charge is 0.148 e. The molecule has 0 atom stereocenters. The number of rotatable bonds is 7. The Morgan fingerprint density at radius 1 is 1.13 bits per heavy atom. The number of fused-ring (bicyclic) bond motifs is 1. The quantitative estimate of drug-likeness (QED) is 0.288. The highest BCUT2D eigenvalue weighted by atomic mass is 19.1. The van der Waals surface area contributed by atoms with E-state index in [1.807, 2.05) is 32.0 Å². The lowest BCUT2D eigenvalue weighted by Gasteiger charge is -2.13. The highest BCUT2D eigenvalue weighted by molar-refractivity contribution is 5.72. The van der Waals surface area contributed by atoms with E-state index in [-0.39, 0.29) is 5.82 Å². The minimum atomic E-state index is -0.267. The van der Waals surface area contributed by atoms with Gasteiger partial charge in [-0.15, -0.1) is 0 Å². The summed E-state index contributed by atoms with van der Waals surface area (Å²) in [6, 6.07) is 14.3. The molecule has 0 saturated carbocycles. The van der Waals surface area contributed by atoms with Crippen molar-refractivity contribution in [3.05, 3.63) is 89.9 Å². The maximum Gasteiger partial charge on any atom is 0.148 e. The second kappa shape index (κ2) is 17.0. The highest BCUT2D eigenvalue weighted by Gasteiger charge is 2.20. The van der Waals surface area contributed by atoms with Crippen LogP contribution in [-0.2, 0) is 12.8 Å². The summed E-state index contributed by atoms with van der Waals surface area (Å²) in [5.41, 5.74) is 13.1. The van der Waals surface area contributed by atoms with Gasteiger partial charge in [0.15, 0.2) is 0 Å². The average molecular weight is 522 g/mol. The van der Waals surface area contributed by atoms with Crippen LogP contribution in [0.5, 0.6) is 5.75 Å². The molecule has 0 fully saturated rings. The SMILES string of the molecule is C=Cc1ccc(C(=C)NCCc2cc3c(c(-c4ccc(F)cc4)n2)OCC3)cc1N.CC.CC(C)C.CO. The fourth-order valence-corrected chi connectivity index (χ4v) is 3.58. The first kappa shape index (κ1) is 32.4. The third kappa shape index (κ3) is 9.67. The van der Waals surface area contributed by atoms with Gasteiger partial charge in [0.25, 0.3) is 0 Å². The Morgan fingerprint density at radius 3 is 2.34 bits per heavy atom. The highest BCUT2D eigenvalue weighted by Crippen LogP contribution is 2.36. The second-order valence-corrected chi connectivity index (χ2v) is 8.99. The van der Waals surface area contributed by atoms with Gasteiger partial charge in [0.2, 0.25) is 0 Å². The monoisotopic (exact) mass is 521 g/mol. The molecular formula is C32H44FN3O2. The summed E-state index contributed by atoms with van der Waals surface area (Å²) in [5.74, 6) is 1.37. The molecule has 2 heterocycles. The minimum Gasteiger partial charge on any atom is -0.491 e. The zero-order valence-electron chi connectivity index (χ0n) is 23.8. The van der Waals surface area contributed by atoms with Gasteiger partial charge in [-0.25, -0.2) is 9.37 Å². The van der Waals surface area contributed by atoms with Gasteiger partial charge < -0.3 is 20.9 Å². The molecule has 0 spiro atoms. The Labute approximate surface area is 228 Å². The number of ether oxygens (including phenoxy) is 1. The summed E-state index contributed by atoms with van der Waals surface area (Å²) in [7, 11) is 1.00. The summed E-state index contributed by atoms with van der Waals surface area (Å²) in [6.07, 6.45) is 3.31. The molecular weight excluding hydrogens is 477 g/mol. The maximum atomic E-state index is 13.3. The van der Waals surface area contributed by atoms with Crippen molar-refractivity contribution in [2.45, 2.75) is 47.5 Å². The number of hydrogen-bond donors (Lipinski definition) is 3. The van der Waals surface area contributed by atoms with Crippen LogP contribution >= 0.6 is 0 Å². The number of benzene rings is 2. The first-order valence-corrected chi connectivity index (χ1v) is 13.1. The molecule has 1 aliphatic rings. The van der Waals surface area contributed by atoms with Gasteiger partial charge in [0.05, 0.1) is 6.61 Å². The molecule has 5 nitrogen and oxygen atoms in total. The van der Waals surface area contributed by atoms with Crippen LogP contribution in [0.15, 0.2) is 61.7 Å². The van der Waals surface area contributed by atoms with Gasteiger partial charge in [-0.3, -0.25) is 0 Å². The van der Waals surface area contributed by atoms with Crippen molar-refractivity contribution < 1.29 is 14.2 Å². The number of halogens is 1. The zero-order valence-corrected chi connectivity index (χ0v) is 23.8. The molecule has 3 aromatic rings. The molecule has 0 radical (unpaired) electrons. The van der Waals surface area contributed by atoms with Crippen LogP contribution < -0.4 is 15.8 Å². The molecule has 4 rings (SSSR count). The van der Waals surface area contributed by atoms with E-state index in [0.717, 1.165) is 71.0 Å². The van der Waals surface area contributed by atoms with Gasteiger partial charge >= 0.3 is 0 Å². The average Bonchev–Trinajstić information content (AvgIpc) is 3.39. The molecule has 4 N–H and O–H groups in total. The lowest BCUT2D eigenvalue weighted by atomic mass is 10.0. The fraction of sp³-hybridized carbons (Fsp3) is 0.344. The van der Waals surface area contributed by atoms with E-state index < -0.39 is 0 Å². The Morgan fingerprint density at radius 2 is 1.76 bits per heavy atom. The van der Waals surface area contributed by atoms with Crippen LogP contribution in [0.2, 0.25) is 0 Å². The number of nitrogens with one attached hydrogen (secondary N) is 1. The van der Waals surface area contributed by atoms with Crippen molar-refractivity contribution in [2.75, 3.05) is 26.0 Å². The third-order valence-electron chi connectivity index (χ3n) is 5.21. The normalized spacial score (nSPS) is 10.9. The van der Waals surface area contributed by atoms with Gasteiger partial charge in [0, 0.05) is 54.7 Å². The number of aliphatic hydroxyl groups excluding tert-OH is 1. The summed E-state index contributed by atoms with van der Waals surface area (Å²) < 4.78 is 19.1. The predicted molar refractivity (Wildman–Crippen MR) is 161 cm³/mol. The van der Waals surface area contributed by atoms with Crippen LogP contribution in [0.1, 0.15) is 57.0 Å². The van der Waals surface area contributed by atoms with Gasteiger partial charge in [-0.2, -0.15) is 0 Å². The van der Waals surface area contributed by atoms with E-state index >= 15 is 0 Å². The third-order valence-corrected chi connectivity index (χ3v) is 5.21. The van der Waals surface area contributed by atoms with Crippen molar-refractivity contribution in [1.29, 1.82) is 0 Å².